The van der Waals surface area contributed by atoms with E-state index < -0.39 is 0 Å². The zero-order valence-electron chi connectivity index (χ0n) is 18.1. The molecule has 1 aromatic heterocycles. The van der Waals surface area contributed by atoms with Crippen LogP contribution < -0.4 is 0 Å². The Labute approximate surface area is 210 Å². The van der Waals surface area contributed by atoms with Crippen molar-refractivity contribution in [1.82, 2.24) is 0 Å². The number of fused-ring (bicyclic) bond motifs is 4. The van der Waals surface area contributed by atoms with Crippen LogP contribution in [0.3, 0.4) is 0 Å². The van der Waals surface area contributed by atoms with E-state index in [0.717, 1.165) is 3.14 Å². The van der Waals surface area contributed by atoms with E-state index in [4.69, 9.17) is 12.2 Å². The molecule has 0 atom stereocenters. The number of hydrogen-bond acceptors (Lipinski definition) is 3. The van der Waals surface area contributed by atoms with Gasteiger partial charge in [-0.05, 0) is 78.8 Å². The fourth-order valence-electron chi connectivity index (χ4n) is 5.12. The molecule has 0 spiro atoms. The summed E-state index contributed by atoms with van der Waals surface area (Å²) >= 11 is 8.92. The smallest absolute Gasteiger partial charge is 0.113 e. The second kappa shape index (κ2) is 7.85. The topological polar surface area (TPSA) is 0 Å². The molecule has 0 radical (unpaired) electrons. The Bertz CT molecular complexity index is 1770. The van der Waals surface area contributed by atoms with Gasteiger partial charge in [-0.3, -0.25) is 0 Å². The van der Waals surface area contributed by atoms with Gasteiger partial charge in [0, 0.05) is 9.40 Å². The number of benzene rings is 6. The molecule has 0 saturated carbocycles. The summed E-state index contributed by atoms with van der Waals surface area (Å²) < 4.78 is 3.52. The summed E-state index contributed by atoms with van der Waals surface area (Å²) in [6.45, 7) is 0. The predicted molar refractivity (Wildman–Crippen MR) is 154 cm³/mol. The summed E-state index contributed by atoms with van der Waals surface area (Å²) in [5, 5.41) is 7.66. The highest BCUT2D eigenvalue weighted by molar-refractivity contribution is 7.77. The third-order valence-corrected chi connectivity index (χ3v) is 9.13. The zero-order chi connectivity index (χ0) is 22.6. The quantitative estimate of drug-likeness (QED) is 0.173. The van der Waals surface area contributed by atoms with Crippen LogP contribution in [-0.2, 0) is 0 Å². The molecule has 0 amide bonds. The van der Waals surface area contributed by atoms with Crippen LogP contribution in [0.1, 0.15) is 0 Å². The molecule has 34 heavy (non-hydrogen) atoms. The van der Waals surface area contributed by atoms with Crippen LogP contribution in [0.2, 0.25) is 0 Å². The van der Waals surface area contributed by atoms with Gasteiger partial charge in [-0.2, -0.15) is 0 Å². The molecule has 0 unspecified atom stereocenters. The largest absolute Gasteiger partial charge is 0.144 e. The lowest BCUT2D eigenvalue weighted by Gasteiger charge is -2.18. The Hall–Kier alpha value is -3.37. The van der Waals surface area contributed by atoms with Gasteiger partial charge >= 0.3 is 0 Å². The van der Waals surface area contributed by atoms with Gasteiger partial charge in [0.25, 0.3) is 0 Å². The third kappa shape index (κ3) is 3.13. The molecule has 0 fully saturated rings. The monoisotopic (exact) mass is 486 g/mol. The van der Waals surface area contributed by atoms with E-state index in [1.165, 1.54) is 64.0 Å². The van der Waals surface area contributed by atoms with Crippen LogP contribution in [0.4, 0.5) is 0 Å². The summed E-state index contributed by atoms with van der Waals surface area (Å²) in [7, 11) is 0. The van der Waals surface area contributed by atoms with Gasteiger partial charge < -0.3 is 0 Å². The van der Waals surface area contributed by atoms with Crippen LogP contribution in [-0.4, -0.2) is 0 Å². The Kier molecular flexibility index (Phi) is 4.63. The van der Waals surface area contributed by atoms with Gasteiger partial charge in [0.1, 0.15) is 3.14 Å². The predicted octanol–water partition coefficient (Wildman–Crippen LogP) is 10.5. The van der Waals surface area contributed by atoms with E-state index in [1.807, 2.05) is 0 Å². The maximum absolute atomic E-state index is 5.50. The van der Waals surface area contributed by atoms with Gasteiger partial charge in [-0.25, -0.2) is 0 Å². The first kappa shape index (κ1) is 20.0. The molecule has 0 aliphatic heterocycles. The second-order valence-corrected chi connectivity index (χ2v) is 11.8. The van der Waals surface area contributed by atoms with Crippen LogP contribution >= 0.6 is 34.9 Å². The normalized spacial score (nSPS) is 11.6. The highest BCUT2D eigenvalue weighted by Crippen LogP contribution is 2.45. The van der Waals surface area contributed by atoms with E-state index in [2.05, 4.69) is 109 Å². The van der Waals surface area contributed by atoms with Crippen molar-refractivity contribution in [2.75, 3.05) is 0 Å². The first-order valence-electron chi connectivity index (χ1n) is 11.2. The van der Waals surface area contributed by atoms with Gasteiger partial charge in [0.15, 0.2) is 0 Å². The average molecular weight is 487 g/mol. The van der Waals surface area contributed by atoms with E-state index in [1.54, 1.807) is 22.7 Å². The molecule has 160 valence electrons. The van der Waals surface area contributed by atoms with Crippen molar-refractivity contribution in [3.8, 4) is 22.3 Å². The SMILES string of the molecule is S=c1sc2cc3cc4c(-c5ccccc5)c5ccccc5c(-c5ccccc5)c4cc3cc2s1. The minimum Gasteiger partial charge on any atom is -0.113 e. The third-order valence-electron chi connectivity index (χ3n) is 6.56. The number of rotatable bonds is 2. The summed E-state index contributed by atoms with van der Waals surface area (Å²) in [4.78, 5) is 0. The van der Waals surface area contributed by atoms with Crippen molar-refractivity contribution < 1.29 is 0 Å². The van der Waals surface area contributed by atoms with E-state index >= 15 is 0 Å². The molecule has 6 aromatic carbocycles. The van der Waals surface area contributed by atoms with Gasteiger partial charge in [-0.1, -0.05) is 97.1 Å². The second-order valence-electron chi connectivity index (χ2n) is 8.53. The van der Waals surface area contributed by atoms with Gasteiger partial charge in [0.2, 0.25) is 0 Å². The zero-order valence-corrected chi connectivity index (χ0v) is 20.6. The lowest BCUT2D eigenvalue weighted by Crippen LogP contribution is -1.91. The molecule has 7 aromatic rings. The van der Waals surface area contributed by atoms with Crippen molar-refractivity contribution in [3.63, 3.8) is 0 Å². The van der Waals surface area contributed by atoms with Crippen LogP contribution in [0.25, 0.3) is 64.0 Å². The average Bonchev–Trinajstić information content (AvgIpc) is 3.24. The van der Waals surface area contributed by atoms with E-state index in [0.29, 0.717) is 0 Å². The molecular weight excluding hydrogens is 469 g/mol. The molecule has 1 heterocycles. The highest BCUT2D eigenvalue weighted by Gasteiger charge is 2.17. The molecular formula is C31H18S3. The van der Waals surface area contributed by atoms with E-state index in [-0.39, 0.29) is 0 Å². The van der Waals surface area contributed by atoms with Crippen molar-refractivity contribution >= 4 is 76.6 Å². The van der Waals surface area contributed by atoms with Crippen molar-refractivity contribution in [2.24, 2.45) is 0 Å². The fraction of sp³-hybridized carbons (Fsp3) is 0. The van der Waals surface area contributed by atoms with Gasteiger partial charge in [-0.15, -0.1) is 22.7 Å². The lowest BCUT2D eigenvalue weighted by atomic mass is 9.85. The minimum absolute atomic E-state index is 0.982. The Morgan fingerprint density at radius 1 is 0.441 bits per heavy atom. The Balaban J connectivity index is 1.74. The van der Waals surface area contributed by atoms with Crippen molar-refractivity contribution in [1.29, 1.82) is 0 Å². The van der Waals surface area contributed by atoms with Crippen LogP contribution in [0.5, 0.6) is 0 Å². The molecule has 0 nitrogen and oxygen atoms in total. The molecule has 0 bridgehead atoms. The molecule has 0 saturated heterocycles. The molecule has 0 N–H and O–H groups in total. The maximum Gasteiger partial charge on any atom is 0.144 e. The van der Waals surface area contributed by atoms with E-state index in [9.17, 15) is 0 Å². The fourth-order valence-corrected chi connectivity index (χ4v) is 7.67. The first-order valence-corrected chi connectivity index (χ1v) is 13.3. The Morgan fingerprint density at radius 2 is 0.853 bits per heavy atom. The van der Waals surface area contributed by atoms with Crippen molar-refractivity contribution in [3.05, 3.63) is 112 Å². The molecule has 7 rings (SSSR count). The molecule has 3 heteroatoms. The minimum atomic E-state index is 0.982. The van der Waals surface area contributed by atoms with Crippen LogP contribution in [0, 0.1) is 3.14 Å². The summed E-state index contributed by atoms with van der Waals surface area (Å²) in [6.07, 6.45) is 0. The highest BCUT2D eigenvalue weighted by atomic mass is 32.2. The summed E-state index contributed by atoms with van der Waals surface area (Å²) in [5.41, 5.74) is 5.08. The number of hydrogen-bond donors (Lipinski definition) is 0. The van der Waals surface area contributed by atoms with Gasteiger partial charge in [0.05, 0.1) is 0 Å². The maximum atomic E-state index is 5.50. The standard InChI is InChI=1S/C31H18S3/c32-31-33-27-17-21-15-25-26(16-22(21)18-28(27)34-31)30(20-11-5-2-6-12-20)24-14-8-7-13-23(24)29(25)19-9-3-1-4-10-19/h1-18H. The molecule has 0 aliphatic carbocycles. The summed E-state index contributed by atoms with van der Waals surface area (Å²) in [5.74, 6) is 0. The van der Waals surface area contributed by atoms with Crippen molar-refractivity contribution in [2.45, 2.75) is 0 Å². The van der Waals surface area contributed by atoms with Crippen LogP contribution in [0.15, 0.2) is 109 Å². The first-order chi connectivity index (χ1) is 16.8. The Morgan fingerprint density at radius 3 is 1.29 bits per heavy atom. The lowest BCUT2D eigenvalue weighted by molar-refractivity contribution is 1.66. The molecule has 0 aliphatic rings. The summed E-state index contributed by atoms with van der Waals surface area (Å²) in [6, 6.07) is 39.8.